The number of methoxy groups -OCH3 is 1. The molecule has 22 heavy (non-hydrogen) atoms. The molecule has 0 spiro atoms. The molecule has 0 fully saturated rings. The number of benzene rings is 1. The molecule has 1 aromatic carbocycles. The van der Waals surface area contributed by atoms with Gasteiger partial charge >= 0.3 is 11.7 Å². The van der Waals surface area contributed by atoms with Crippen molar-refractivity contribution >= 4 is 23.2 Å². The molecule has 0 saturated carbocycles. The lowest BCUT2D eigenvalue weighted by Crippen LogP contribution is -2.22. The van der Waals surface area contributed by atoms with Crippen molar-refractivity contribution in [3.63, 3.8) is 0 Å². The summed E-state index contributed by atoms with van der Waals surface area (Å²) in [6, 6.07) is 4.74. The average molecular weight is 319 g/mol. The largest absolute Gasteiger partial charge is 0.465 e. The zero-order valence-electron chi connectivity index (χ0n) is 11.6. The van der Waals surface area contributed by atoms with Crippen molar-refractivity contribution in [1.29, 1.82) is 0 Å². The van der Waals surface area contributed by atoms with Crippen molar-refractivity contribution in [2.75, 3.05) is 7.11 Å². The molecular weight excluding hydrogens is 308 g/mol. The highest BCUT2D eigenvalue weighted by Gasteiger charge is 2.12. The number of hydrogen-bond donors (Lipinski definition) is 0. The minimum absolute atomic E-state index is 0.143. The summed E-state index contributed by atoms with van der Waals surface area (Å²) in [6.07, 6.45) is 4.53. The maximum Gasteiger partial charge on any atom is 0.350 e. The van der Waals surface area contributed by atoms with Crippen LogP contribution in [-0.4, -0.2) is 32.2 Å². The molecule has 7 nitrogen and oxygen atoms in total. The van der Waals surface area contributed by atoms with E-state index < -0.39 is 5.97 Å². The summed E-state index contributed by atoms with van der Waals surface area (Å²) in [5.74, 6) is -0.468. The van der Waals surface area contributed by atoms with E-state index in [0.717, 1.165) is 0 Å². The second kappa shape index (κ2) is 5.61. The number of nitrogens with zero attached hydrogens (tertiary/aromatic N) is 4. The topological polar surface area (TPSA) is 78.5 Å². The van der Waals surface area contributed by atoms with Gasteiger partial charge in [-0.15, -0.1) is 5.10 Å². The molecule has 0 aliphatic rings. The van der Waals surface area contributed by atoms with Gasteiger partial charge in [-0.3, -0.25) is 4.98 Å². The standard InChI is InChI=1S/C14H11ClN4O3/c1-22-13(20)9-2-3-11(15)10(6-9)8-19-14(21)18-5-4-16-7-12(18)17-19/h2-7H,8H2,1H3. The fourth-order valence-electron chi connectivity index (χ4n) is 2.09. The Kier molecular flexibility index (Phi) is 3.64. The van der Waals surface area contributed by atoms with Crippen LogP contribution < -0.4 is 5.69 Å². The van der Waals surface area contributed by atoms with Crippen LogP contribution in [0.1, 0.15) is 15.9 Å². The van der Waals surface area contributed by atoms with Crippen LogP contribution in [0.15, 0.2) is 41.6 Å². The number of halogens is 1. The predicted octanol–water partition coefficient (Wildman–Crippen LogP) is 1.38. The van der Waals surface area contributed by atoms with Crippen LogP contribution >= 0.6 is 11.6 Å². The van der Waals surface area contributed by atoms with Crippen molar-refractivity contribution in [2.45, 2.75) is 6.54 Å². The quantitative estimate of drug-likeness (QED) is 0.682. The summed E-state index contributed by atoms with van der Waals surface area (Å²) in [7, 11) is 1.30. The van der Waals surface area contributed by atoms with E-state index in [1.54, 1.807) is 18.2 Å². The zero-order chi connectivity index (χ0) is 15.7. The van der Waals surface area contributed by atoms with E-state index in [1.165, 1.54) is 34.8 Å². The molecule has 2 heterocycles. The molecule has 0 aliphatic carbocycles. The van der Waals surface area contributed by atoms with E-state index in [4.69, 9.17) is 11.6 Å². The summed E-state index contributed by atoms with van der Waals surface area (Å²) >= 11 is 6.13. The van der Waals surface area contributed by atoms with Crippen molar-refractivity contribution in [1.82, 2.24) is 19.2 Å². The summed E-state index contributed by atoms with van der Waals surface area (Å²) < 4.78 is 7.32. The van der Waals surface area contributed by atoms with E-state index in [2.05, 4.69) is 14.8 Å². The molecule has 8 heteroatoms. The predicted molar refractivity (Wildman–Crippen MR) is 79.1 cm³/mol. The average Bonchev–Trinajstić information content (AvgIpc) is 2.85. The van der Waals surface area contributed by atoms with E-state index >= 15 is 0 Å². The van der Waals surface area contributed by atoms with Crippen LogP contribution in [-0.2, 0) is 11.3 Å². The number of carbonyl (C=O) groups is 1. The normalized spacial score (nSPS) is 10.8. The van der Waals surface area contributed by atoms with Gasteiger partial charge in [-0.2, -0.15) is 0 Å². The Hall–Kier alpha value is -2.67. The third-order valence-corrected chi connectivity index (χ3v) is 3.54. The van der Waals surface area contributed by atoms with Crippen LogP contribution in [0.25, 0.3) is 5.65 Å². The Balaban J connectivity index is 2.03. The van der Waals surface area contributed by atoms with Gasteiger partial charge in [0.15, 0.2) is 5.65 Å². The summed E-state index contributed by atoms with van der Waals surface area (Å²) in [6.45, 7) is 0.143. The van der Waals surface area contributed by atoms with Crippen LogP contribution in [0.5, 0.6) is 0 Å². The molecule has 0 unspecified atom stereocenters. The van der Waals surface area contributed by atoms with Gasteiger partial charge in [-0.05, 0) is 23.8 Å². The Morgan fingerprint density at radius 3 is 2.95 bits per heavy atom. The molecular formula is C14H11ClN4O3. The molecule has 0 radical (unpaired) electrons. The minimum Gasteiger partial charge on any atom is -0.465 e. The fraction of sp³-hybridized carbons (Fsp3) is 0.143. The van der Waals surface area contributed by atoms with Crippen LogP contribution in [0.4, 0.5) is 0 Å². The minimum atomic E-state index is -0.468. The van der Waals surface area contributed by atoms with E-state index in [1.807, 2.05) is 0 Å². The van der Waals surface area contributed by atoms with Crippen LogP contribution in [0.2, 0.25) is 5.02 Å². The number of aromatic nitrogens is 4. The van der Waals surface area contributed by atoms with Gasteiger partial charge in [0.05, 0.1) is 25.4 Å². The number of esters is 1. The highest BCUT2D eigenvalue weighted by atomic mass is 35.5. The lowest BCUT2D eigenvalue weighted by Gasteiger charge is -2.06. The van der Waals surface area contributed by atoms with Gasteiger partial charge in [0.1, 0.15) is 0 Å². The molecule has 0 atom stereocenters. The number of hydrogen-bond acceptors (Lipinski definition) is 5. The Morgan fingerprint density at radius 2 is 2.23 bits per heavy atom. The number of ether oxygens (including phenoxy) is 1. The van der Waals surface area contributed by atoms with Crippen molar-refractivity contribution < 1.29 is 9.53 Å². The summed E-state index contributed by atoms with van der Waals surface area (Å²) in [5, 5.41) is 4.61. The monoisotopic (exact) mass is 318 g/mol. The molecule has 3 aromatic rings. The Bertz CT molecular complexity index is 916. The molecule has 0 N–H and O–H groups in total. The fourth-order valence-corrected chi connectivity index (χ4v) is 2.26. The number of fused-ring (bicyclic) bond motifs is 1. The lowest BCUT2D eigenvalue weighted by atomic mass is 10.1. The Morgan fingerprint density at radius 1 is 1.41 bits per heavy atom. The van der Waals surface area contributed by atoms with Gasteiger partial charge in [0.2, 0.25) is 0 Å². The third kappa shape index (κ3) is 2.46. The molecule has 0 aliphatic heterocycles. The smallest absolute Gasteiger partial charge is 0.350 e. The Labute approximate surface area is 129 Å². The second-order valence-electron chi connectivity index (χ2n) is 4.54. The molecule has 0 amide bonds. The molecule has 0 bridgehead atoms. The van der Waals surface area contributed by atoms with Gasteiger partial charge in [0, 0.05) is 17.4 Å². The van der Waals surface area contributed by atoms with Crippen molar-refractivity contribution in [3.8, 4) is 0 Å². The highest BCUT2D eigenvalue weighted by Crippen LogP contribution is 2.19. The van der Waals surface area contributed by atoms with Gasteiger partial charge in [0.25, 0.3) is 0 Å². The zero-order valence-corrected chi connectivity index (χ0v) is 12.3. The third-order valence-electron chi connectivity index (χ3n) is 3.18. The van der Waals surface area contributed by atoms with Gasteiger partial charge in [-0.25, -0.2) is 18.7 Å². The molecule has 112 valence electrons. The van der Waals surface area contributed by atoms with Gasteiger partial charge in [-0.1, -0.05) is 11.6 Å². The van der Waals surface area contributed by atoms with E-state index in [0.29, 0.717) is 21.8 Å². The lowest BCUT2D eigenvalue weighted by molar-refractivity contribution is 0.0600. The first kappa shape index (κ1) is 14.3. The number of carbonyl (C=O) groups excluding carboxylic acids is 1. The summed E-state index contributed by atoms with van der Waals surface area (Å²) in [4.78, 5) is 27.7. The maximum absolute atomic E-state index is 12.2. The van der Waals surface area contributed by atoms with E-state index in [9.17, 15) is 9.59 Å². The first-order valence-corrected chi connectivity index (χ1v) is 6.74. The number of rotatable bonds is 3. The highest BCUT2D eigenvalue weighted by molar-refractivity contribution is 6.31. The SMILES string of the molecule is COC(=O)c1ccc(Cl)c(Cn2nc3cnccn3c2=O)c1. The van der Waals surface area contributed by atoms with Crippen LogP contribution in [0, 0.1) is 0 Å². The van der Waals surface area contributed by atoms with E-state index in [-0.39, 0.29) is 12.2 Å². The van der Waals surface area contributed by atoms with Crippen LogP contribution in [0.3, 0.4) is 0 Å². The molecule has 0 saturated heterocycles. The van der Waals surface area contributed by atoms with Gasteiger partial charge < -0.3 is 4.74 Å². The maximum atomic E-state index is 12.2. The second-order valence-corrected chi connectivity index (χ2v) is 4.95. The molecule has 3 rings (SSSR count). The van der Waals surface area contributed by atoms with Crippen molar-refractivity contribution in [3.05, 3.63) is 63.4 Å². The molecule has 2 aromatic heterocycles. The first-order chi connectivity index (χ1) is 10.6. The first-order valence-electron chi connectivity index (χ1n) is 6.36. The van der Waals surface area contributed by atoms with Crippen molar-refractivity contribution in [2.24, 2.45) is 0 Å². The summed E-state index contributed by atoms with van der Waals surface area (Å²) in [5.41, 5.74) is 1.09.